The number of alkyl halides is 3. The number of nitrogens with zero attached hydrogens (tertiary/aromatic N) is 1. The first-order chi connectivity index (χ1) is 14.9. The lowest BCUT2D eigenvalue weighted by Crippen LogP contribution is -2.33. The van der Waals surface area contributed by atoms with Crippen molar-refractivity contribution >= 4 is 17.4 Å². The van der Waals surface area contributed by atoms with Crippen molar-refractivity contribution in [3.8, 4) is 5.75 Å². The molecule has 0 bridgehead atoms. The van der Waals surface area contributed by atoms with Gasteiger partial charge >= 0.3 is 6.18 Å². The van der Waals surface area contributed by atoms with E-state index in [0.717, 1.165) is 26.2 Å². The Bertz CT molecular complexity index is 1060. The molecule has 10 heteroatoms. The summed E-state index contributed by atoms with van der Waals surface area (Å²) >= 11 is 0. The van der Waals surface area contributed by atoms with Crippen LogP contribution >= 0.6 is 0 Å². The van der Waals surface area contributed by atoms with Crippen molar-refractivity contribution in [3.05, 3.63) is 53.4 Å². The summed E-state index contributed by atoms with van der Waals surface area (Å²) in [6.07, 6.45) is -3.16. The Morgan fingerprint density at radius 3 is 2.47 bits per heavy atom. The summed E-state index contributed by atoms with van der Waals surface area (Å²) in [5.74, 6) is -6.60. The molecular formula is C22H21F5N2O3. The molecular weight excluding hydrogens is 435 g/mol. The SMILES string of the molecule is COc1c(C2CC(C)(C(F)(F)F)CC2C(=O)Nc2ccncc2C(C)=O)ccc(F)c1F. The third-order valence-electron chi connectivity index (χ3n) is 5.99. The average molecular weight is 456 g/mol. The molecule has 1 amide bonds. The van der Waals surface area contributed by atoms with E-state index in [1.54, 1.807) is 0 Å². The molecule has 1 N–H and O–H groups in total. The predicted molar refractivity (Wildman–Crippen MR) is 105 cm³/mol. The van der Waals surface area contributed by atoms with Gasteiger partial charge in [-0.3, -0.25) is 14.6 Å². The molecule has 1 aromatic carbocycles. The number of pyridine rings is 1. The molecule has 1 aliphatic carbocycles. The molecule has 3 atom stereocenters. The molecule has 0 aliphatic heterocycles. The minimum atomic E-state index is -4.63. The van der Waals surface area contributed by atoms with Gasteiger partial charge < -0.3 is 10.1 Å². The van der Waals surface area contributed by atoms with Crippen molar-refractivity contribution in [1.82, 2.24) is 4.98 Å². The number of anilines is 1. The highest BCUT2D eigenvalue weighted by atomic mass is 19.4. The Hall–Kier alpha value is -3.04. The van der Waals surface area contributed by atoms with Gasteiger partial charge in [-0.05, 0) is 31.9 Å². The van der Waals surface area contributed by atoms with Crippen LogP contribution < -0.4 is 10.1 Å². The number of hydrogen-bond donors (Lipinski definition) is 1. The summed E-state index contributed by atoms with van der Waals surface area (Å²) in [6.45, 7) is 2.25. The molecule has 2 aromatic rings. The fraction of sp³-hybridized carbons (Fsp3) is 0.409. The smallest absolute Gasteiger partial charge is 0.394 e. The molecule has 0 saturated heterocycles. The minimum Gasteiger partial charge on any atom is -0.493 e. The molecule has 1 fully saturated rings. The number of hydrogen-bond acceptors (Lipinski definition) is 4. The van der Waals surface area contributed by atoms with Gasteiger partial charge in [0.1, 0.15) is 0 Å². The van der Waals surface area contributed by atoms with E-state index in [2.05, 4.69) is 10.3 Å². The molecule has 32 heavy (non-hydrogen) atoms. The quantitative estimate of drug-likeness (QED) is 0.492. The number of aromatic nitrogens is 1. The summed E-state index contributed by atoms with van der Waals surface area (Å²) in [7, 11) is 1.07. The number of benzene rings is 1. The van der Waals surface area contributed by atoms with Crippen LogP contribution in [0.4, 0.5) is 27.6 Å². The number of carbonyl (C=O) groups is 2. The summed E-state index contributed by atoms with van der Waals surface area (Å²) in [5, 5.41) is 2.51. The van der Waals surface area contributed by atoms with Crippen molar-refractivity contribution in [2.75, 3.05) is 12.4 Å². The van der Waals surface area contributed by atoms with Crippen LogP contribution in [0.1, 0.15) is 48.5 Å². The monoisotopic (exact) mass is 456 g/mol. The minimum absolute atomic E-state index is 0.0268. The number of ether oxygens (including phenoxy) is 1. The number of amides is 1. The number of carbonyl (C=O) groups excluding carboxylic acids is 2. The van der Waals surface area contributed by atoms with Crippen LogP contribution in [0.2, 0.25) is 0 Å². The highest BCUT2D eigenvalue weighted by molar-refractivity contribution is 6.04. The lowest BCUT2D eigenvalue weighted by molar-refractivity contribution is -0.216. The van der Waals surface area contributed by atoms with Gasteiger partial charge in [0.15, 0.2) is 17.3 Å². The second kappa shape index (κ2) is 8.48. The molecule has 0 radical (unpaired) electrons. The Balaban J connectivity index is 2.05. The number of nitrogens with one attached hydrogen (secondary N) is 1. The van der Waals surface area contributed by atoms with Crippen LogP contribution in [0.3, 0.4) is 0 Å². The summed E-state index contributed by atoms with van der Waals surface area (Å²) in [6, 6.07) is 3.29. The van der Waals surface area contributed by atoms with E-state index < -0.39 is 65.3 Å². The van der Waals surface area contributed by atoms with Crippen molar-refractivity contribution in [2.45, 2.75) is 38.8 Å². The summed E-state index contributed by atoms with van der Waals surface area (Å²) in [5.41, 5.74) is -2.06. The van der Waals surface area contributed by atoms with E-state index in [1.807, 2.05) is 0 Å². The van der Waals surface area contributed by atoms with Crippen LogP contribution in [-0.4, -0.2) is 30.0 Å². The largest absolute Gasteiger partial charge is 0.493 e. The van der Waals surface area contributed by atoms with E-state index in [4.69, 9.17) is 4.74 Å². The van der Waals surface area contributed by atoms with E-state index in [9.17, 15) is 31.5 Å². The highest BCUT2D eigenvalue weighted by Gasteiger charge is 2.59. The van der Waals surface area contributed by atoms with E-state index in [1.165, 1.54) is 25.4 Å². The van der Waals surface area contributed by atoms with Crippen LogP contribution in [0.25, 0.3) is 0 Å². The van der Waals surface area contributed by atoms with Crippen LogP contribution in [-0.2, 0) is 4.79 Å². The molecule has 172 valence electrons. The van der Waals surface area contributed by atoms with Crippen molar-refractivity contribution < 1.29 is 36.3 Å². The molecule has 3 unspecified atom stereocenters. The van der Waals surface area contributed by atoms with Crippen LogP contribution in [0.5, 0.6) is 5.75 Å². The zero-order valence-electron chi connectivity index (χ0n) is 17.5. The maximum absolute atomic E-state index is 14.3. The van der Waals surface area contributed by atoms with E-state index >= 15 is 0 Å². The standard InChI is InChI=1S/C22H21F5N2O3/c1-11(30)15-10-28-7-6-17(15)29-20(31)14-9-21(2,22(25,26)27)8-13(14)12-4-5-16(23)18(24)19(12)32-3/h4-7,10,13-14H,8-9H2,1-3H3,(H,28,29,31). The fourth-order valence-electron chi connectivity index (χ4n) is 4.23. The van der Waals surface area contributed by atoms with Crippen molar-refractivity contribution in [1.29, 1.82) is 0 Å². The van der Waals surface area contributed by atoms with Gasteiger partial charge in [-0.15, -0.1) is 0 Å². The van der Waals surface area contributed by atoms with Gasteiger partial charge in [-0.1, -0.05) is 13.0 Å². The van der Waals surface area contributed by atoms with Crippen LogP contribution in [0, 0.1) is 23.0 Å². The Kier molecular flexibility index (Phi) is 6.26. The lowest BCUT2D eigenvalue weighted by Gasteiger charge is -2.27. The zero-order valence-corrected chi connectivity index (χ0v) is 17.5. The van der Waals surface area contributed by atoms with Gasteiger partial charge in [0.05, 0.1) is 23.8 Å². The van der Waals surface area contributed by atoms with Gasteiger partial charge in [0.2, 0.25) is 11.7 Å². The first kappa shape index (κ1) is 23.6. The Morgan fingerprint density at radius 2 is 1.88 bits per heavy atom. The topological polar surface area (TPSA) is 68.3 Å². The molecule has 1 aliphatic rings. The first-order valence-corrected chi connectivity index (χ1v) is 9.74. The molecule has 0 spiro atoms. The predicted octanol–water partition coefficient (Wildman–Crippen LogP) is 5.27. The van der Waals surface area contributed by atoms with Crippen LogP contribution in [0.15, 0.2) is 30.6 Å². The number of Topliss-reactive ketones (excluding diaryl/α,β-unsaturated/α-hetero) is 1. The summed E-state index contributed by atoms with van der Waals surface area (Å²) < 4.78 is 74.4. The van der Waals surface area contributed by atoms with Gasteiger partial charge in [0, 0.05) is 29.8 Å². The molecule has 1 aromatic heterocycles. The molecule has 1 heterocycles. The normalized spacial score (nSPS) is 23.1. The highest BCUT2D eigenvalue weighted by Crippen LogP contribution is 2.59. The second-order valence-corrected chi connectivity index (χ2v) is 8.13. The number of methoxy groups -OCH3 is 1. The number of rotatable bonds is 5. The van der Waals surface area contributed by atoms with Crippen molar-refractivity contribution in [2.24, 2.45) is 11.3 Å². The lowest BCUT2D eigenvalue weighted by atomic mass is 9.85. The Morgan fingerprint density at radius 1 is 1.19 bits per heavy atom. The number of ketones is 1. The third kappa shape index (κ3) is 4.18. The molecule has 5 nitrogen and oxygen atoms in total. The first-order valence-electron chi connectivity index (χ1n) is 9.74. The summed E-state index contributed by atoms with van der Waals surface area (Å²) in [4.78, 5) is 28.7. The zero-order chi connectivity index (χ0) is 23.8. The second-order valence-electron chi connectivity index (χ2n) is 8.13. The fourth-order valence-corrected chi connectivity index (χ4v) is 4.23. The van der Waals surface area contributed by atoms with E-state index in [0.29, 0.717) is 0 Å². The van der Waals surface area contributed by atoms with E-state index in [-0.39, 0.29) is 16.8 Å². The molecule has 3 rings (SSSR count). The van der Waals surface area contributed by atoms with Gasteiger partial charge in [-0.25, -0.2) is 4.39 Å². The van der Waals surface area contributed by atoms with Gasteiger partial charge in [0.25, 0.3) is 0 Å². The maximum Gasteiger partial charge on any atom is 0.394 e. The maximum atomic E-state index is 14.3. The van der Waals surface area contributed by atoms with Gasteiger partial charge in [-0.2, -0.15) is 17.6 Å². The third-order valence-corrected chi connectivity index (χ3v) is 5.99. The molecule has 1 saturated carbocycles. The number of halogens is 5. The van der Waals surface area contributed by atoms with Crippen molar-refractivity contribution in [3.63, 3.8) is 0 Å². The Labute approximate surface area is 181 Å². The average Bonchev–Trinajstić information content (AvgIpc) is 3.09.